The zero-order valence-corrected chi connectivity index (χ0v) is 41.3. The SMILES string of the molecule is CC(C)I.COc1ccc(CN(Cc2ccc(OC)cc2)S(=O)(=O)c2c[nH]c(=O)cn2)cc1.COc1ccc(CN(Cc2ccc(OC)cc2)S(=O)(=O)c2cn(C(C)C)c(=O)cn2)cc1. The second-order valence-corrected chi connectivity index (χ2v) is 21.0. The second-order valence-electron chi connectivity index (χ2n) is 14.8. The number of nitrogens with one attached hydrogen (secondary N) is 1. The van der Waals surface area contributed by atoms with Crippen LogP contribution in [0.4, 0.5) is 0 Å². The van der Waals surface area contributed by atoms with Crippen LogP contribution in [0, 0.1) is 0 Å². The van der Waals surface area contributed by atoms with Crippen molar-refractivity contribution in [1.82, 2.24) is 28.1 Å². The van der Waals surface area contributed by atoms with E-state index in [1.54, 1.807) is 101 Å². The summed E-state index contributed by atoms with van der Waals surface area (Å²) in [4.78, 5) is 33.5. The third-order valence-electron chi connectivity index (χ3n) is 9.29. The third-order valence-corrected chi connectivity index (χ3v) is 12.7. The van der Waals surface area contributed by atoms with Gasteiger partial charge in [0.2, 0.25) is 0 Å². The van der Waals surface area contributed by atoms with Crippen LogP contribution in [0.2, 0.25) is 0 Å². The number of nitrogens with zero attached hydrogens (tertiary/aromatic N) is 5. The Labute approximate surface area is 394 Å². The first-order chi connectivity index (χ1) is 30.9. The molecule has 0 aliphatic rings. The fourth-order valence-corrected chi connectivity index (χ4v) is 8.50. The minimum atomic E-state index is -4.00. The number of halogens is 1. The lowest BCUT2D eigenvalue weighted by Crippen LogP contribution is -2.32. The summed E-state index contributed by atoms with van der Waals surface area (Å²) in [5.74, 6) is 2.73. The van der Waals surface area contributed by atoms with Crippen LogP contribution < -0.4 is 30.1 Å². The van der Waals surface area contributed by atoms with Gasteiger partial charge in [0.25, 0.3) is 31.2 Å². The fraction of sp³-hybridized carbons (Fsp3) is 0.304. The molecule has 0 aliphatic carbocycles. The van der Waals surface area contributed by atoms with Crippen LogP contribution >= 0.6 is 22.6 Å². The maximum atomic E-state index is 13.6. The van der Waals surface area contributed by atoms with Crippen molar-refractivity contribution in [1.29, 1.82) is 0 Å². The van der Waals surface area contributed by atoms with Gasteiger partial charge in [-0.3, -0.25) is 9.59 Å². The van der Waals surface area contributed by atoms with E-state index in [2.05, 4.69) is 51.4 Å². The number of sulfonamides is 2. The molecule has 0 aliphatic heterocycles. The lowest BCUT2D eigenvalue weighted by Gasteiger charge is -2.23. The van der Waals surface area contributed by atoms with Crippen LogP contribution in [0.1, 0.15) is 56.0 Å². The van der Waals surface area contributed by atoms with Crippen molar-refractivity contribution in [3.8, 4) is 23.0 Å². The zero-order valence-electron chi connectivity index (χ0n) is 37.5. The molecule has 2 aromatic heterocycles. The fourth-order valence-electron chi connectivity index (χ4n) is 5.86. The average Bonchev–Trinajstić information content (AvgIpc) is 3.29. The van der Waals surface area contributed by atoms with E-state index in [1.807, 2.05) is 38.1 Å². The molecule has 65 heavy (non-hydrogen) atoms. The van der Waals surface area contributed by atoms with Gasteiger partial charge in [0, 0.05) is 48.5 Å². The number of hydrogen-bond donors (Lipinski definition) is 1. The number of alkyl halides is 1. The molecule has 16 nitrogen and oxygen atoms in total. The molecule has 0 amide bonds. The number of aromatic amines is 1. The highest BCUT2D eigenvalue weighted by Crippen LogP contribution is 2.24. The smallest absolute Gasteiger partial charge is 0.269 e. The van der Waals surface area contributed by atoms with Gasteiger partial charge in [0.15, 0.2) is 10.1 Å². The summed E-state index contributed by atoms with van der Waals surface area (Å²) in [5, 5.41) is -0.396. The van der Waals surface area contributed by atoms with Gasteiger partial charge in [-0.05, 0) is 84.6 Å². The van der Waals surface area contributed by atoms with Gasteiger partial charge in [-0.1, -0.05) is 85.0 Å². The quantitative estimate of drug-likeness (QED) is 0.0713. The molecule has 0 spiro atoms. The van der Waals surface area contributed by atoms with E-state index in [9.17, 15) is 26.4 Å². The standard InChI is InChI=1S/C23H27N3O5S.C20H21N3O5S.C3H7I/c1-17(2)26-16-22(24-13-23(26)27)32(28,29)25(14-18-5-9-20(30-3)10-6-18)15-19-7-11-21(31-4)12-8-19;1-27-17-7-3-15(4-8-17)13-23(14-16-5-9-18(28-2)10-6-16)29(25,26)20-12-21-19(24)11-22-20;1-3(2)4/h5-13,16-17H,14-15H2,1-4H3;3-12H,13-14H2,1-2H3,(H,21,24);3H,1-2H3. The molecule has 0 radical (unpaired) electrons. The van der Waals surface area contributed by atoms with Gasteiger partial charge < -0.3 is 28.5 Å². The van der Waals surface area contributed by atoms with Gasteiger partial charge in [0.05, 0.1) is 40.8 Å². The van der Waals surface area contributed by atoms with Crippen LogP contribution in [0.5, 0.6) is 23.0 Å². The molecule has 6 rings (SSSR count). The highest BCUT2D eigenvalue weighted by Gasteiger charge is 2.29. The normalized spacial score (nSPS) is 11.4. The molecule has 0 saturated carbocycles. The van der Waals surface area contributed by atoms with Crippen molar-refractivity contribution >= 4 is 42.6 Å². The van der Waals surface area contributed by atoms with Crippen LogP contribution in [-0.4, -0.2) is 77.3 Å². The van der Waals surface area contributed by atoms with Crippen LogP contribution in [-0.2, 0) is 46.2 Å². The number of methoxy groups -OCH3 is 4. The molecule has 19 heteroatoms. The van der Waals surface area contributed by atoms with Crippen LogP contribution in [0.15, 0.2) is 141 Å². The number of aromatic nitrogens is 4. The third kappa shape index (κ3) is 15.5. The van der Waals surface area contributed by atoms with Crippen molar-refractivity contribution in [2.24, 2.45) is 0 Å². The maximum absolute atomic E-state index is 13.6. The summed E-state index contributed by atoms with van der Waals surface area (Å²) in [6, 6.07) is 28.5. The molecule has 348 valence electrons. The molecule has 0 saturated heterocycles. The minimum Gasteiger partial charge on any atom is -0.497 e. The lowest BCUT2D eigenvalue weighted by molar-refractivity contribution is 0.394. The second kappa shape index (κ2) is 24.6. The number of rotatable bonds is 17. The summed E-state index contributed by atoms with van der Waals surface area (Å²) in [5.41, 5.74) is 2.33. The van der Waals surface area contributed by atoms with Crippen molar-refractivity contribution in [3.63, 3.8) is 0 Å². The minimum absolute atomic E-state index is 0.124. The summed E-state index contributed by atoms with van der Waals surface area (Å²) >= 11 is 2.34. The predicted molar refractivity (Wildman–Crippen MR) is 258 cm³/mol. The first-order valence-corrected chi connectivity index (χ1v) is 24.3. The monoisotopic (exact) mass is 1040 g/mol. The maximum Gasteiger partial charge on any atom is 0.269 e. The van der Waals surface area contributed by atoms with Gasteiger partial charge in [0.1, 0.15) is 23.0 Å². The highest BCUT2D eigenvalue weighted by molar-refractivity contribution is 14.1. The van der Waals surface area contributed by atoms with Crippen LogP contribution in [0.25, 0.3) is 0 Å². The summed E-state index contributed by atoms with van der Waals surface area (Å²) in [6.07, 6.45) is 4.40. The van der Waals surface area contributed by atoms with Crippen molar-refractivity contribution in [2.75, 3.05) is 28.4 Å². The van der Waals surface area contributed by atoms with Crippen molar-refractivity contribution in [2.45, 2.75) is 73.9 Å². The summed E-state index contributed by atoms with van der Waals surface area (Å²) in [7, 11) is -1.68. The van der Waals surface area contributed by atoms with E-state index in [0.717, 1.165) is 44.8 Å². The number of benzene rings is 4. The number of hydrogen-bond acceptors (Lipinski definition) is 12. The first kappa shape index (κ1) is 52.0. The number of ether oxygens (including phenoxy) is 4. The van der Waals surface area contributed by atoms with Crippen LogP contribution in [0.3, 0.4) is 0 Å². The lowest BCUT2D eigenvalue weighted by atomic mass is 10.2. The Balaban J connectivity index is 0.000000264. The van der Waals surface area contributed by atoms with Gasteiger partial charge >= 0.3 is 0 Å². The van der Waals surface area contributed by atoms with E-state index >= 15 is 0 Å². The largest absolute Gasteiger partial charge is 0.497 e. The van der Waals surface area contributed by atoms with E-state index in [-0.39, 0.29) is 47.8 Å². The Hall–Kier alpha value is -5.61. The van der Waals surface area contributed by atoms with Crippen molar-refractivity contribution < 1.29 is 35.8 Å². The summed E-state index contributed by atoms with van der Waals surface area (Å²) < 4.78 is 79.0. The van der Waals surface area contributed by atoms with Gasteiger partial charge in [-0.15, -0.1) is 0 Å². The topological polar surface area (TPSA) is 192 Å². The van der Waals surface area contributed by atoms with Crippen molar-refractivity contribution in [3.05, 3.63) is 165 Å². The zero-order chi connectivity index (χ0) is 47.7. The molecule has 2 heterocycles. The number of H-pyrrole nitrogens is 1. The Morgan fingerprint density at radius 1 is 0.554 bits per heavy atom. The highest BCUT2D eigenvalue weighted by atomic mass is 127. The van der Waals surface area contributed by atoms with E-state index in [0.29, 0.717) is 23.0 Å². The van der Waals surface area contributed by atoms with Gasteiger partial charge in [-0.2, -0.15) is 8.61 Å². The van der Waals surface area contributed by atoms with E-state index < -0.39 is 25.6 Å². The Morgan fingerprint density at radius 2 is 0.862 bits per heavy atom. The Kier molecular flexibility index (Phi) is 19.7. The Bertz CT molecular complexity index is 2630. The average molecular weight is 1040 g/mol. The molecule has 6 aromatic rings. The molecular weight excluding hydrogens is 988 g/mol. The molecule has 0 unspecified atom stereocenters. The molecular formula is C46H55IN6O10S2. The molecule has 0 bridgehead atoms. The molecule has 0 fully saturated rings. The molecule has 4 aromatic carbocycles. The molecule has 1 N–H and O–H groups in total. The van der Waals surface area contributed by atoms with E-state index in [1.165, 1.54) is 19.4 Å². The predicted octanol–water partition coefficient (Wildman–Crippen LogP) is 7.24. The first-order valence-electron chi connectivity index (χ1n) is 20.2. The van der Waals surface area contributed by atoms with Gasteiger partial charge in [-0.25, -0.2) is 26.8 Å². The molecule has 0 atom stereocenters. The Morgan fingerprint density at radius 3 is 1.14 bits per heavy atom. The van der Waals surface area contributed by atoms with E-state index in [4.69, 9.17) is 18.9 Å². The summed E-state index contributed by atoms with van der Waals surface area (Å²) in [6.45, 7) is 8.43.